The molecule has 33 heavy (non-hydrogen) atoms. The number of piperidine rings is 1. The van der Waals surface area contributed by atoms with Gasteiger partial charge in [-0.05, 0) is 37.5 Å². The van der Waals surface area contributed by atoms with E-state index >= 15 is 0 Å². The molecule has 0 unspecified atom stereocenters. The molecule has 1 aromatic carbocycles. The summed E-state index contributed by atoms with van der Waals surface area (Å²) in [4.78, 5) is 30.1. The second-order valence-corrected chi connectivity index (χ2v) is 12.1. The number of rotatable bonds is 5. The first-order valence-electron chi connectivity index (χ1n) is 10.9. The number of likely N-dealkylation sites (tertiary alicyclic amines) is 1. The van der Waals surface area contributed by atoms with Gasteiger partial charge in [0.1, 0.15) is 5.82 Å². The van der Waals surface area contributed by atoms with E-state index in [2.05, 4.69) is 50.3 Å². The lowest BCUT2D eigenvalue weighted by Gasteiger charge is -2.41. The highest BCUT2D eigenvalue weighted by molar-refractivity contribution is 7.91. The third kappa shape index (κ3) is 4.44. The number of thiazole rings is 1. The van der Waals surface area contributed by atoms with Gasteiger partial charge in [-0.2, -0.15) is 0 Å². The van der Waals surface area contributed by atoms with Crippen molar-refractivity contribution in [1.82, 2.24) is 30.1 Å². The lowest BCUT2D eigenvalue weighted by Crippen LogP contribution is -2.52. The van der Waals surface area contributed by atoms with Crippen LogP contribution >= 0.6 is 11.3 Å². The van der Waals surface area contributed by atoms with Gasteiger partial charge in [-0.25, -0.2) is 28.7 Å². The van der Waals surface area contributed by atoms with E-state index in [9.17, 15) is 9.00 Å². The third-order valence-corrected chi connectivity index (χ3v) is 8.68. The SMILES string of the molecule is C[C@@H](c1ccc2scnc2c1)N1CCC2(CC1)CN(Cc1ncc([S@@](C)(=N)=O)cn1)C(=O)N2. The number of benzene rings is 1. The highest BCUT2D eigenvalue weighted by Crippen LogP contribution is 2.33. The summed E-state index contributed by atoms with van der Waals surface area (Å²) in [5.74, 6) is 0.484. The number of amides is 2. The molecule has 0 radical (unpaired) electrons. The first kappa shape index (κ1) is 22.2. The van der Waals surface area contributed by atoms with Crippen molar-refractivity contribution in [2.24, 2.45) is 0 Å². The summed E-state index contributed by atoms with van der Waals surface area (Å²) in [7, 11) is -2.85. The second-order valence-electron chi connectivity index (χ2n) is 9.04. The number of carbonyl (C=O) groups is 1. The molecule has 0 aliphatic carbocycles. The zero-order valence-electron chi connectivity index (χ0n) is 18.7. The van der Waals surface area contributed by atoms with E-state index < -0.39 is 9.73 Å². The summed E-state index contributed by atoms with van der Waals surface area (Å²) in [5, 5.41) is 3.22. The summed E-state index contributed by atoms with van der Waals surface area (Å²) >= 11 is 1.66. The number of urea groups is 1. The standard InChI is InChI=1S/C22H27N7O2S2/c1-15(16-3-4-19-18(9-16)26-14-32-19)28-7-5-22(6-8-28)13-29(21(30)27-22)12-20-24-10-17(11-25-20)33(2,23)31/h3-4,9-11,14-15,23H,5-8,12-13H2,1-2H3,(H,27,30)/t15-,33-/m0/s1. The van der Waals surface area contributed by atoms with Gasteiger partial charge in [-0.1, -0.05) is 6.07 Å². The van der Waals surface area contributed by atoms with Gasteiger partial charge in [0.2, 0.25) is 0 Å². The van der Waals surface area contributed by atoms with Crippen molar-refractivity contribution in [3.05, 3.63) is 47.5 Å². The molecule has 2 fully saturated rings. The number of nitrogens with one attached hydrogen (secondary N) is 2. The smallest absolute Gasteiger partial charge is 0.318 e. The van der Waals surface area contributed by atoms with Crippen molar-refractivity contribution in [2.45, 2.75) is 42.8 Å². The monoisotopic (exact) mass is 485 g/mol. The van der Waals surface area contributed by atoms with Crippen LogP contribution in [0, 0.1) is 4.78 Å². The fourth-order valence-corrected chi connectivity index (χ4v) is 5.84. The minimum Gasteiger partial charge on any atom is -0.331 e. The number of hydrogen-bond donors (Lipinski definition) is 2. The van der Waals surface area contributed by atoms with Crippen LogP contribution in [-0.2, 0) is 16.3 Å². The highest BCUT2D eigenvalue weighted by atomic mass is 32.2. The third-order valence-electron chi connectivity index (χ3n) is 6.76. The first-order valence-corrected chi connectivity index (χ1v) is 13.8. The molecule has 174 valence electrons. The molecule has 2 N–H and O–H groups in total. The molecule has 2 atom stereocenters. The fourth-order valence-electron chi connectivity index (χ4n) is 4.67. The van der Waals surface area contributed by atoms with E-state index in [1.165, 1.54) is 28.9 Å². The quantitative estimate of drug-likeness (QED) is 0.573. The number of hydrogen-bond acceptors (Lipinski definition) is 8. The molecular formula is C22H27N7O2S2. The van der Waals surface area contributed by atoms with Crippen LogP contribution in [0.5, 0.6) is 0 Å². The average Bonchev–Trinajstić information content (AvgIpc) is 3.37. The van der Waals surface area contributed by atoms with Gasteiger partial charge in [-0.15, -0.1) is 11.3 Å². The largest absolute Gasteiger partial charge is 0.331 e. The van der Waals surface area contributed by atoms with Gasteiger partial charge < -0.3 is 10.2 Å². The molecule has 2 aliphatic rings. The molecule has 9 nitrogen and oxygen atoms in total. The number of aromatic nitrogens is 3. The Bertz CT molecular complexity index is 1280. The second kappa shape index (κ2) is 8.30. The Balaban J connectivity index is 1.21. The summed E-state index contributed by atoms with van der Waals surface area (Å²) in [6.45, 7) is 4.96. The molecule has 2 saturated heterocycles. The maximum Gasteiger partial charge on any atom is 0.318 e. The van der Waals surface area contributed by atoms with E-state index in [0.717, 1.165) is 31.4 Å². The van der Waals surface area contributed by atoms with E-state index in [1.807, 2.05) is 5.51 Å². The number of nitrogens with zero attached hydrogens (tertiary/aromatic N) is 5. The van der Waals surface area contributed by atoms with Crippen molar-refractivity contribution in [1.29, 1.82) is 4.78 Å². The summed E-state index contributed by atoms with van der Waals surface area (Å²) in [6.07, 6.45) is 5.95. The van der Waals surface area contributed by atoms with E-state index in [0.29, 0.717) is 29.9 Å². The molecule has 4 heterocycles. The average molecular weight is 486 g/mol. The Kier molecular flexibility index (Phi) is 5.58. The zero-order valence-corrected chi connectivity index (χ0v) is 20.3. The predicted octanol–water partition coefficient (Wildman–Crippen LogP) is 3.24. The Hall–Kier alpha value is -2.63. The normalized spacial score (nSPS) is 21.3. The van der Waals surface area contributed by atoms with Crippen molar-refractivity contribution >= 4 is 37.3 Å². The van der Waals surface area contributed by atoms with Crippen LogP contribution in [0.15, 0.2) is 41.0 Å². The molecule has 3 aromatic rings. The van der Waals surface area contributed by atoms with Crippen LogP contribution in [0.25, 0.3) is 10.2 Å². The molecule has 5 rings (SSSR count). The van der Waals surface area contributed by atoms with Crippen LogP contribution < -0.4 is 5.32 Å². The van der Waals surface area contributed by atoms with Gasteiger partial charge in [0.15, 0.2) is 0 Å². The minimum atomic E-state index is -2.85. The van der Waals surface area contributed by atoms with Crippen LogP contribution in [0.2, 0.25) is 0 Å². The minimum absolute atomic E-state index is 0.0991. The van der Waals surface area contributed by atoms with Gasteiger partial charge in [0, 0.05) is 44.3 Å². The Morgan fingerprint density at radius 1 is 1.24 bits per heavy atom. The Morgan fingerprint density at radius 2 is 1.97 bits per heavy atom. The molecule has 0 saturated carbocycles. The molecule has 2 aliphatic heterocycles. The Morgan fingerprint density at radius 3 is 2.67 bits per heavy atom. The molecular weight excluding hydrogens is 458 g/mol. The maximum atomic E-state index is 12.7. The zero-order chi connectivity index (χ0) is 23.2. The fraction of sp³-hybridized carbons (Fsp3) is 0.455. The topological polar surface area (TPSA) is 115 Å². The molecule has 11 heteroatoms. The predicted molar refractivity (Wildman–Crippen MR) is 128 cm³/mol. The number of carbonyl (C=O) groups excluding carboxylic acids is 1. The Labute approximate surface area is 197 Å². The van der Waals surface area contributed by atoms with E-state index in [1.54, 1.807) is 16.2 Å². The summed E-state index contributed by atoms with van der Waals surface area (Å²) < 4.78 is 20.6. The van der Waals surface area contributed by atoms with Crippen LogP contribution in [0.4, 0.5) is 4.79 Å². The van der Waals surface area contributed by atoms with E-state index in [-0.39, 0.29) is 11.6 Å². The van der Waals surface area contributed by atoms with Gasteiger partial charge in [0.25, 0.3) is 0 Å². The number of fused-ring (bicyclic) bond motifs is 1. The van der Waals surface area contributed by atoms with Crippen LogP contribution in [0.1, 0.15) is 37.2 Å². The molecule has 2 aromatic heterocycles. The van der Waals surface area contributed by atoms with Gasteiger partial charge >= 0.3 is 6.03 Å². The van der Waals surface area contributed by atoms with Crippen LogP contribution in [-0.4, -0.2) is 66.4 Å². The maximum absolute atomic E-state index is 12.7. The van der Waals surface area contributed by atoms with Crippen molar-refractivity contribution in [2.75, 3.05) is 25.9 Å². The van der Waals surface area contributed by atoms with Crippen LogP contribution in [0.3, 0.4) is 0 Å². The van der Waals surface area contributed by atoms with Gasteiger partial charge in [0.05, 0.1) is 42.4 Å². The molecule has 1 spiro atoms. The van der Waals surface area contributed by atoms with E-state index in [4.69, 9.17) is 4.78 Å². The summed E-state index contributed by atoms with van der Waals surface area (Å²) in [6, 6.07) is 6.72. The molecule has 0 bridgehead atoms. The lowest BCUT2D eigenvalue weighted by atomic mass is 9.87. The highest BCUT2D eigenvalue weighted by Gasteiger charge is 2.45. The van der Waals surface area contributed by atoms with Crippen molar-refractivity contribution < 1.29 is 9.00 Å². The van der Waals surface area contributed by atoms with Crippen molar-refractivity contribution in [3.63, 3.8) is 0 Å². The van der Waals surface area contributed by atoms with Crippen molar-refractivity contribution in [3.8, 4) is 0 Å². The summed E-state index contributed by atoms with van der Waals surface area (Å²) in [5.41, 5.74) is 3.97. The molecule has 2 amide bonds. The lowest BCUT2D eigenvalue weighted by molar-refractivity contribution is 0.115. The first-order chi connectivity index (χ1) is 15.7. The van der Waals surface area contributed by atoms with Gasteiger partial charge in [-0.3, -0.25) is 4.90 Å².